The summed E-state index contributed by atoms with van der Waals surface area (Å²) in [6.07, 6.45) is -2.63. The number of aliphatic hydroxyl groups is 3. The van der Waals surface area contributed by atoms with Gasteiger partial charge in [0.1, 0.15) is 36.1 Å². The largest absolute Gasteiger partial charge is 0.394 e. The summed E-state index contributed by atoms with van der Waals surface area (Å²) in [5.41, 5.74) is 7.08. The zero-order valence-corrected chi connectivity index (χ0v) is 10.8. The molecule has 3 heterocycles. The molecule has 1 aliphatic rings. The maximum absolute atomic E-state index is 10.1. The second-order valence-electron chi connectivity index (χ2n) is 4.88. The molecule has 108 valence electrons. The number of aryl methyl sites for hydroxylation is 1. The monoisotopic (exact) mass is 280 g/mol. The molecule has 5 N–H and O–H groups in total. The second-order valence-corrected chi connectivity index (χ2v) is 4.88. The first kappa shape index (κ1) is 13.3. The molecular weight excluding hydrogens is 264 g/mol. The van der Waals surface area contributed by atoms with Gasteiger partial charge >= 0.3 is 0 Å². The van der Waals surface area contributed by atoms with Crippen molar-refractivity contribution in [1.82, 2.24) is 14.5 Å². The number of nitrogens with zero attached hydrogens (tertiary/aromatic N) is 3. The molecule has 20 heavy (non-hydrogen) atoms. The Kier molecular flexibility index (Phi) is 3.09. The highest BCUT2D eigenvalue weighted by Crippen LogP contribution is 2.34. The number of anilines is 1. The van der Waals surface area contributed by atoms with Gasteiger partial charge in [-0.1, -0.05) is 0 Å². The van der Waals surface area contributed by atoms with E-state index >= 15 is 0 Å². The average Bonchev–Trinajstić information content (AvgIpc) is 2.90. The van der Waals surface area contributed by atoms with Crippen LogP contribution in [0.4, 0.5) is 5.82 Å². The van der Waals surface area contributed by atoms with E-state index in [4.69, 9.17) is 15.6 Å². The Bertz CT molecular complexity index is 644. The molecule has 0 bridgehead atoms. The van der Waals surface area contributed by atoms with Crippen molar-refractivity contribution in [1.29, 1.82) is 0 Å². The van der Waals surface area contributed by atoms with E-state index in [9.17, 15) is 10.2 Å². The fraction of sp³-hybridized carbons (Fsp3) is 0.500. The van der Waals surface area contributed by atoms with E-state index < -0.39 is 24.5 Å². The van der Waals surface area contributed by atoms with Crippen molar-refractivity contribution in [3.8, 4) is 0 Å². The molecule has 2 aromatic heterocycles. The van der Waals surface area contributed by atoms with Gasteiger partial charge in [-0.3, -0.25) is 0 Å². The minimum Gasteiger partial charge on any atom is -0.394 e. The Morgan fingerprint density at radius 1 is 1.35 bits per heavy atom. The lowest BCUT2D eigenvalue weighted by Crippen LogP contribution is -2.33. The van der Waals surface area contributed by atoms with Crippen LogP contribution in [0.25, 0.3) is 11.0 Å². The van der Waals surface area contributed by atoms with Gasteiger partial charge in [-0.2, -0.15) is 0 Å². The van der Waals surface area contributed by atoms with Gasteiger partial charge in [-0.05, 0) is 13.0 Å². The number of nitrogens with two attached hydrogens (primary N) is 1. The Morgan fingerprint density at radius 3 is 2.75 bits per heavy atom. The van der Waals surface area contributed by atoms with E-state index in [-0.39, 0.29) is 6.61 Å². The lowest BCUT2D eigenvalue weighted by Gasteiger charge is -2.19. The molecule has 8 nitrogen and oxygen atoms in total. The molecule has 0 unspecified atom stereocenters. The molecule has 8 heteroatoms. The predicted molar refractivity (Wildman–Crippen MR) is 69.7 cm³/mol. The topological polar surface area (TPSA) is 127 Å². The number of ether oxygens (including phenoxy) is 1. The minimum atomic E-state index is -1.15. The number of aliphatic hydroxyl groups excluding tert-OH is 3. The summed E-state index contributed by atoms with van der Waals surface area (Å²) in [6, 6.07) is 1.79. The summed E-state index contributed by atoms with van der Waals surface area (Å²) < 4.78 is 7.17. The molecule has 0 spiro atoms. The Hall–Kier alpha value is -1.74. The standard InChI is InChI=1S/C12H16N4O4/c1-5-2-6-10(13)14-4-15-11(6)16(5)12-9(19)8(18)7(3-17)20-12/h2,4,7-9,12,17-19H,3H2,1H3,(H2,13,14,15)/t7-,8-,9-,12-/m1/s1. The van der Waals surface area contributed by atoms with Crippen LogP contribution in [0.2, 0.25) is 0 Å². The van der Waals surface area contributed by atoms with E-state index in [1.807, 2.05) is 6.92 Å². The van der Waals surface area contributed by atoms with Crippen LogP contribution in [-0.4, -0.2) is 54.8 Å². The summed E-state index contributed by atoms with van der Waals surface area (Å²) >= 11 is 0. The number of aromatic nitrogens is 3. The van der Waals surface area contributed by atoms with Crippen LogP contribution in [-0.2, 0) is 4.74 Å². The zero-order valence-electron chi connectivity index (χ0n) is 10.8. The Balaban J connectivity index is 2.11. The van der Waals surface area contributed by atoms with E-state index in [0.29, 0.717) is 16.9 Å². The summed E-state index contributed by atoms with van der Waals surface area (Å²) in [7, 11) is 0. The van der Waals surface area contributed by atoms with Crippen molar-refractivity contribution >= 4 is 16.9 Å². The van der Waals surface area contributed by atoms with Gasteiger partial charge in [0.2, 0.25) is 0 Å². The first-order valence-electron chi connectivity index (χ1n) is 6.25. The molecular formula is C12H16N4O4. The highest BCUT2D eigenvalue weighted by atomic mass is 16.6. The van der Waals surface area contributed by atoms with Crippen molar-refractivity contribution in [3.05, 3.63) is 18.1 Å². The van der Waals surface area contributed by atoms with Gasteiger partial charge in [0.05, 0.1) is 12.0 Å². The SMILES string of the molecule is Cc1cc2c(N)ncnc2n1[C@@H]1O[C@H](CO)[C@@H](O)[C@H]1O. The summed E-state index contributed by atoms with van der Waals surface area (Å²) in [6.45, 7) is 1.44. The molecule has 1 saturated heterocycles. The highest BCUT2D eigenvalue weighted by Gasteiger charge is 2.44. The number of hydrogen-bond donors (Lipinski definition) is 4. The molecule has 0 aliphatic carbocycles. The smallest absolute Gasteiger partial charge is 0.164 e. The lowest BCUT2D eigenvalue weighted by atomic mass is 10.1. The molecule has 1 fully saturated rings. The van der Waals surface area contributed by atoms with Gasteiger partial charge in [0, 0.05) is 5.69 Å². The van der Waals surface area contributed by atoms with E-state index in [0.717, 1.165) is 5.69 Å². The zero-order chi connectivity index (χ0) is 14.4. The summed E-state index contributed by atoms with van der Waals surface area (Å²) in [5.74, 6) is 0.337. The predicted octanol–water partition coefficient (Wildman–Crippen LogP) is -1.07. The minimum absolute atomic E-state index is 0.337. The van der Waals surface area contributed by atoms with E-state index in [1.165, 1.54) is 6.33 Å². The Labute approximate surface area is 114 Å². The van der Waals surface area contributed by atoms with Crippen molar-refractivity contribution in [2.24, 2.45) is 0 Å². The fourth-order valence-corrected chi connectivity index (χ4v) is 2.59. The summed E-state index contributed by atoms with van der Waals surface area (Å²) in [5, 5.41) is 29.7. The van der Waals surface area contributed by atoms with E-state index in [1.54, 1.807) is 10.6 Å². The van der Waals surface area contributed by atoms with Gasteiger partial charge in [0.25, 0.3) is 0 Å². The second kappa shape index (κ2) is 4.67. The maximum Gasteiger partial charge on any atom is 0.164 e. The molecule has 1 aliphatic heterocycles. The molecule has 0 amide bonds. The van der Waals surface area contributed by atoms with E-state index in [2.05, 4.69) is 9.97 Å². The molecule has 3 rings (SSSR count). The third-order valence-corrected chi connectivity index (χ3v) is 3.63. The average molecular weight is 280 g/mol. The van der Waals surface area contributed by atoms with Crippen LogP contribution >= 0.6 is 0 Å². The van der Waals surface area contributed by atoms with Crippen molar-refractivity contribution in [2.75, 3.05) is 12.3 Å². The fourth-order valence-electron chi connectivity index (χ4n) is 2.59. The van der Waals surface area contributed by atoms with Crippen molar-refractivity contribution in [2.45, 2.75) is 31.5 Å². The molecule has 0 aromatic carbocycles. The van der Waals surface area contributed by atoms with Crippen molar-refractivity contribution in [3.63, 3.8) is 0 Å². The van der Waals surface area contributed by atoms with Crippen LogP contribution in [0.15, 0.2) is 12.4 Å². The third kappa shape index (κ3) is 1.77. The number of fused-ring (bicyclic) bond motifs is 1. The highest BCUT2D eigenvalue weighted by molar-refractivity contribution is 5.87. The maximum atomic E-state index is 10.1. The van der Waals surface area contributed by atoms with Gasteiger partial charge in [-0.25, -0.2) is 9.97 Å². The molecule has 2 aromatic rings. The van der Waals surface area contributed by atoms with Crippen LogP contribution in [0.1, 0.15) is 11.9 Å². The quantitative estimate of drug-likeness (QED) is 0.552. The van der Waals surface area contributed by atoms with Gasteiger partial charge < -0.3 is 30.4 Å². The number of nitrogen functional groups attached to an aromatic ring is 1. The first-order chi connectivity index (χ1) is 9.54. The number of hydrogen-bond acceptors (Lipinski definition) is 7. The van der Waals surface area contributed by atoms with Crippen LogP contribution in [0, 0.1) is 6.92 Å². The third-order valence-electron chi connectivity index (χ3n) is 3.63. The van der Waals surface area contributed by atoms with Crippen LogP contribution < -0.4 is 5.73 Å². The first-order valence-corrected chi connectivity index (χ1v) is 6.25. The lowest BCUT2D eigenvalue weighted by molar-refractivity contribution is -0.0516. The Morgan fingerprint density at radius 2 is 2.10 bits per heavy atom. The molecule has 4 atom stereocenters. The molecule has 0 saturated carbocycles. The van der Waals surface area contributed by atoms with Gasteiger partial charge in [0.15, 0.2) is 6.23 Å². The van der Waals surface area contributed by atoms with Crippen LogP contribution in [0.3, 0.4) is 0 Å². The summed E-state index contributed by atoms with van der Waals surface area (Å²) in [4.78, 5) is 8.07. The van der Waals surface area contributed by atoms with Gasteiger partial charge in [-0.15, -0.1) is 0 Å². The molecule has 0 radical (unpaired) electrons. The number of rotatable bonds is 2. The van der Waals surface area contributed by atoms with Crippen LogP contribution in [0.5, 0.6) is 0 Å². The van der Waals surface area contributed by atoms with Crippen molar-refractivity contribution < 1.29 is 20.1 Å². The normalized spacial score (nSPS) is 30.2.